The molecule has 0 atom stereocenters. The van der Waals surface area contributed by atoms with Gasteiger partial charge in [0.1, 0.15) is 24.7 Å². The Balaban J connectivity index is 1.75. The van der Waals surface area contributed by atoms with Crippen LogP contribution in [0.15, 0.2) is 72.8 Å². The van der Waals surface area contributed by atoms with Crippen molar-refractivity contribution in [3.63, 3.8) is 0 Å². The lowest BCUT2D eigenvalue weighted by Crippen LogP contribution is -2.05. The molecular formula is C24H27NO2. The van der Waals surface area contributed by atoms with Gasteiger partial charge in [0.05, 0.1) is 0 Å². The van der Waals surface area contributed by atoms with E-state index >= 15 is 0 Å². The van der Waals surface area contributed by atoms with Crippen LogP contribution in [-0.2, 0) is 19.6 Å². The number of hydrogen-bond donors (Lipinski definition) is 1. The number of hydrogen-bond acceptors (Lipinski definition) is 3. The third-order valence-corrected chi connectivity index (χ3v) is 4.48. The zero-order chi connectivity index (χ0) is 18.9. The van der Waals surface area contributed by atoms with Crippen molar-refractivity contribution in [3.05, 3.63) is 95.1 Å². The summed E-state index contributed by atoms with van der Waals surface area (Å²) in [6.07, 6.45) is 1.80. The first-order valence-corrected chi connectivity index (χ1v) is 9.43. The molecule has 0 aliphatic heterocycles. The Morgan fingerprint density at radius 2 is 1.30 bits per heavy atom. The molecule has 0 amide bonds. The quantitative estimate of drug-likeness (QED) is 0.580. The summed E-state index contributed by atoms with van der Waals surface area (Å²) in [6, 6.07) is 24.6. The number of benzene rings is 3. The molecule has 3 aromatic carbocycles. The van der Waals surface area contributed by atoms with Crippen LogP contribution in [0.25, 0.3) is 0 Å². The normalized spacial score (nSPS) is 10.6. The molecule has 0 bridgehead atoms. The number of aryl methyl sites for hydroxylation is 2. The van der Waals surface area contributed by atoms with Crippen LogP contribution in [-0.4, -0.2) is 6.54 Å². The molecule has 2 N–H and O–H groups in total. The van der Waals surface area contributed by atoms with Gasteiger partial charge in [-0.3, -0.25) is 0 Å². The van der Waals surface area contributed by atoms with Crippen LogP contribution in [0.2, 0.25) is 0 Å². The van der Waals surface area contributed by atoms with E-state index in [1.54, 1.807) is 0 Å². The molecule has 3 heteroatoms. The van der Waals surface area contributed by atoms with E-state index in [1.807, 2.05) is 36.4 Å². The van der Waals surface area contributed by atoms with Gasteiger partial charge in [-0.1, -0.05) is 60.7 Å². The van der Waals surface area contributed by atoms with Crippen molar-refractivity contribution in [3.8, 4) is 11.5 Å². The van der Waals surface area contributed by atoms with Gasteiger partial charge in [0.2, 0.25) is 0 Å². The SMILES string of the molecule is Cc1cc(OCc2ccccc2)c(CCCN)cc1OCc1ccccc1. The van der Waals surface area contributed by atoms with Gasteiger partial charge in [-0.05, 0) is 60.7 Å². The molecule has 0 saturated heterocycles. The first kappa shape index (κ1) is 19.0. The highest BCUT2D eigenvalue weighted by atomic mass is 16.5. The topological polar surface area (TPSA) is 44.5 Å². The Morgan fingerprint density at radius 1 is 0.741 bits per heavy atom. The molecule has 140 valence electrons. The fraction of sp³-hybridized carbons (Fsp3) is 0.250. The van der Waals surface area contributed by atoms with Gasteiger partial charge in [-0.2, -0.15) is 0 Å². The maximum atomic E-state index is 6.12. The summed E-state index contributed by atoms with van der Waals surface area (Å²) in [4.78, 5) is 0. The second-order valence-electron chi connectivity index (χ2n) is 6.67. The number of rotatable bonds is 9. The summed E-state index contributed by atoms with van der Waals surface area (Å²) < 4.78 is 12.2. The molecule has 27 heavy (non-hydrogen) atoms. The molecule has 0 spiro atoms. The standard InChI is InChI=1S/C24H27NO2/c1-19-15-24(27-18-21-11-6-3-7-12-21)22(13-8-14-25)16-23(19)26-17-20-9-4-2-5-10-20/h2-7,9-12,15-16H,8,13-14,17-18,25H2,1H3. The molecule has 0 unspecified atom stereocenters. The van der Waals surface area contributed by atoms with Crippen molar-refractivity contribution in [2.24, 2.45) is 5.73 Å². The average Bonchev–Trinajstić information content (AvgIpc) is 2.72. The van der Waals surface area contributed by atoms with Crippen molar-refractivity contribution in [2.75, 3.05) is 6.54 Å². The molecule has 0 heterocycles. The van der Waals surface area contributed by atoms with E-state index < -0.39 is 0 Å². The minimum Gasteiger partial charge on any atom is -0.489 e. The second-order valence-corrected chi connectivity index (χ2v) is 6.67. The lowest BCUT2D eigenvalue weighted by atomic mass is 10.0. The van der Waals surface area contributed by atoms with Crippen LogP contribution in [0, 0.1) is 6.92 Å². The number of ether oxygens (including phenoxy) is 2. The smallest absolute Gasteiger partial charge is 0.123 e. The Labute approximate surface area is 161 Å². The zero-order valence-corrected chi connectivity index (χ0v) is 15.9. The van der Waals surface area contributed by atoms with E-state index in [0.717, 1.165) is 46.6 Å². The fourth-order valence-corrected chi connectivity index (χ4v) is 2.95. The highest BCUT2D eigenvalue weighted by Crippen LogP contribution is 2.30. The van der Waals surface area contributed by atoms with E-state index in [1.165, 1.54) is 0 Å². The van der Waals surface area contributed by atoms with E-state index in [2.05, 4.69) is 43.3 Å². The van der Waals surface area contributed by atoms with Crippen molar-refractivity contribution in [1.29, 1.82) is 0 Å². The molecule has 3 rings (SSSR count). The van der Waals surface area contributed by atoms with Gasteiger partial charge in [0.15, 0.2) is 0 Å². The van der Waals surface area contributed by atoms with Crippen molar-refractivity contribution in [2.45, 2.75) is 33.0 Å². The van der Waals surface area contributed by atoms with Gasteiger partial charge in [0, 0.05) is 0 Å². The second kappa shape index (κ2) is 9.79. The zero-order valence-electron chi connectivity index (χ0n) is 15.9. The summed E-state index contributed by atoms with van der Waals surface area (Å²) in [5, 5.41) is 0. The van der Waals surface area contributed by atoms with Crippen LogP contribution >= 0.6 is 0 Å². The van der Waals surface area contributed by atoms with Crippen LogP contribution in [0.3, 0.4) is 0 Å². The summed E-state index contributed by atoms with van der Waals surface area (Å²) in [6.45, 7) is 3.83. The van der Waals surface area contributed by atoms with Crippen molar-refractivity contribution >= 4 is 0 Å². The summed E-state index contributed by atoms with van der Waals surface area (Å²) in [5.41, 5.74) is 10.3. The van der Waals surface area contributed by atoms with Crippen LogP contribution in [0.4, 0.5) is 0 Å². The molecular weight excluding hydrogens is 334 g/mol. The third-order valence-electron chi connectivity index (χ3n) is 4.48. The highest BCUT2D eigenvalue weighted by molar-refractivity contribution is 5.46. The van der Waals surface area contributed by atoms with E-state index in [9.17, 15) is 0 Å². The molecule has 0 radical (unpaired) electrons. The minimum absolute atomic E-state index is 0.556. The minimum atomic E-state index is 0.556. The summed E-state index contributed by atoms with van der Waals surface area (Å²) in [5.74, 6) is 1.81. The largest absolute Gasteiger partial charge is 0.489 e. The first-order chi connectivity index (χ1) is 13.3. The predicted molar refractivity (Wildman–Crippen MR) is 110 cm³/mol. The maximum absolute atomic E-state index is 6.12. The van der Waals surface area contributed by atoms with Crippen LogP contribution in [0.5, 0.6) is 11.5 Å². The van der Waals surface area contributed by atoms with Gasteiger partial charge < -0.3 is 15.2 Å². The highest BCUT2D eigenvalue weighted by Gasteiger charge is 2.10. The molecule has 3 aromatic rings. The lowest BCUT2D eigenvalue weighted by Gasteiger charge is -2.16. The van der Waals surface area contributed by atoms with Gasteiger partial charge in [0.25, 0.3) is 0 Å². The fourth-order valence-electron chi connectivity index (χ4n) is 2.95. The Hall–Kier alpha value is -2.78. The molecule has 0 fully saturated rings. The Bertz CT molecular complexity index is 832. The van der Waals surface area contributed by atoms with Crippen LogP contribution < -0.4 is 15.2 Å². The molecule has 0 saturated carbocycles. The molecule has 3 nitrogen and oxygen atoms in total. The summed E-state index contributed by atoms with van der Waals surface area (Å²) >= 11 is 0. The molecule has 0 aliphatic rings. The third kappa shape index (κ3) is 5.60. The molecule has 0 aliphatic carbocycles. The first-order valence-electron chi connectivity index (χ1n) is 9.43. The summed E-state index contributed by atoms with van der Waals surface area (Å²) in [7, 11) is 0. The maximum Gasteiger partial charge on any atom is 0.123 e. The number of nitrogens with two attached hydrogens (primary N) is 1. The van der Waals surface area contributed by atoms with Crippen LogP contribution in [0.1, 0.15) is 28.7 Å². The predicted octanol–water partition coefficient (Wildman–Crippen LogP) is 5.04. The van der Waals surface area contributed by atoms with Crippen molar-refractivity contribution in [1.82, 2.24) is 0 Å². The van der Waals surface area contributed by atoms with Gasteiger partial charge in [-0.25, -0.2) is 0 Å². The van der Waals surface area contributed by atoms with Gasteiger partial charge >= 0.3 is 0 Å². The Morgan fingerprint density at radius 3 is 1.85 bits per heavy atom. The average molecular weight is 361 g/mol. The lowest BCUT2D eigenvalue weighted by molar-refractivity contribution is 0.292. The Kier molecular flexibility index (Phi) is 6.89. The van der Waals surface area contributed by atoms with E-state index in [-0.39, 0.29) is 0 Å². The monoisotopic (exact) mass is 361 g/mol. The van der Waals surface area contributed by atoms with Gasteiger partial charge in [-0.15, -0.1) is 0 Å². The molecule has 0 aromatic heterocycles. The van der Waals surface area contributed by atoms with Crippen molar-refractivity contribution < 1.29 is 9.47 Å². The van der Waals surface area contributed by atoms with E-state index in [0.29, 0.717) is 19.8 Å². The van der Waals surface area contributed by atoms with E-state index in [4.69, 9.17) is 15.2 Å².